The summed E-state index contributed by atoms with van der Waals surface area (Å²) >= 11 is 0. The lowest BCUT2D eigenvalue weighted by molar-refractivity contribution is -0.136. The number of esters is 1. The van der Waals surface area contributed by atoms with Gasteiger partial charge < -0.3 is 15.2 Å². The molecule has 0 rings (SSSR count). The lowest BCUT2D eigenvalue weighted by Gasteiger charge is -2.02. The summed E-state index contributed by atoms with van der Waals surface area (Å²) in [4.78, 5) is 21.0. The Labute approximate surface area is 70.1 Å². The predicted molar refractivity (Wildman–Crippen MR) is 41.1 cm³/mol. The third-order valence-electron chi connectivity index (χ3n) is 1.00. The number of nitrogens with two attached hydrogens (primary N) is 1. The van der Waals surface area contributed by atoms with Gasteiger partial charge in [0.05, 0.1) is 7.11 Å². The van der Waals surface area contributed by atoms with Crippen molar-refractivity contribution in [2.24, 2.45) is 5.73 Å². The summed E-state index contributed by atoms with van der Waals surface area (Å²) in [7, 11) is 1.31. The van der Waals surface area contributed by atoms with E-state index in [-0.39, 0.29) is 5.76 Å². The quantitative estimate of drug-likeness (QED) is 0.292. The van der Waals surface area contributed by atoms with Crippen LogP contribution in [-0.4, -0.2) is 19.2 Å². The Hall–Kier alpha value is -1.52. The lowest BCUT2D eigenvalue weighted by Crippen LogP contribution is -2.20. The predicted octanol–water partition coefficient (Wildman–Crippen LogP) is 0.549. The highest BCUT2D eigenvalue weighted by Gasteiger charge is 2.12. The molecule has 0 spiro atoms. The highest BCUT2D eigenvalue weighted by molar-refractivity contribution is 5.93. The van der Waals surface area contributed by atoms with E-state index >= 15 is 0 Å². The zero-order valence-corrected chi connectivity index (χ0v) is 6.99. The molecule has 0 aromatic carbocycles. The summed E-state index contributed by atoms with van der Waals surface area (Å²) in [6, 6.07) is 0. The summed E-state index contributed by atoms with van der Waals surface area (Å²) in [6.45, 7) is 1.82. The Morgan fingerprint density at radius 2 is 2.08 bits per heavy atom. The van der Waals surface area contributed by atoms with E-state index < -0.39 is 12.1 Å². The van der Waals surface area contributed by atoms with Crippen molar-refractivity contribution in [1.82, 2.24) is 0 Å². The van der Waals surface area contributed by atoms with Gasteiger partial charge in [0.15, 0.2) is 0 Å². The van der Waals surface area contributed by atoms with Crippen LogP contribution in [0.2, 0.25) is 0 Å². The number of amides is 1. The molecule has 2 N–H and O–H groups in total. The second-order valence-corrected chi connectivity index (χ2v) is 1.89. The fourth-order valence-corrected chi connectivity index (χ4v) is 0.577. The van der Waals surface area contributed by atoms with E-state index in [2.05, 4.69) is 15.2 Å². The van der Waals surface area contributed by atoms with Crippen LogP contribution >= 0.6 is 0 Å². The zero-order valence-electron chi connectivity index (χ0n) is 6.99. The minimum Gasteiger partial charge on any atom is -0.490 e. The molecule has 0 aliphatic carbocycles. The molecule has 5 nitrogen and oxygen atoms in total. The standard InChI is InChI=1S/C7H11NO4/c1-3-4-5(11-2)6(9)12-7(8)10/h4H,3H2,1-2H3,(H2,8,10). The first-order chi connectivity index (χ1) is 5.61. The van der Waals surface area contributed by atoms with E-state index in [0.717, 1.165) is 0 Å². The third kappa shape index (κ3) is 3.60. The number of methoxy groups -OCH3 is 1. The molecule has 0 atom stereocenters. The molecule has 0 aliphatic rings. The van der Waals surface area contributed by atoms with Gasteiger partial charge in [0, 0.05) is 0 Å². The number of allylic oxidation sites excluding steroid dienone is 1. The van der Waals surface area contributed by atoms with Crippen LogP contribution in [0.3, 0.4) is 0 Å². The molecule has 0 bridgehead atoms. The number of carbonyl (C=O) groups excluding carboxylic acids is 2. The highest BCUT2D eigenvalue weighted by atomic mass is 16.6. The summed E-state index contributed by atoms with van der Waals surface area (Å²) in [5.74, 6) is -0.886. The van der Waals surface area contributed by atoms with Gasteiger partial charge in [-0.25, -0.2) is 9.59 Å². The summed E-state index contributed by atoms with van der Waals surface area (Å²) in [5.41, 5.74) is 4.62. The third-order valence-corrected chi connectivity index (χ3v) is 1.00. The molecule has 0 unspecified atom stereocenters. The summed E-state index contributed by atoms with van der Waals surface area (Å²) in [5, 5.41) is 0. The van der Waals surface area contributed by atoms with Crippen LogP contribution in [0.15, 0.2) is 11.8 Å². The van der Waals surface area contributed by atoms with Crippen molar-refractivity contribution in [2.75, 3.05) is 7.11 Å². The molecule has 0 saturated heterocycles. The van der Waals surface area contributed by atoms with Crippen molar-refractivity contribution in [2.45, 2.75) is 13.3 Å². The van der Waals surface area contributed by atoms with Crippen molar-refractivity contribution >= 4 is 12.1 Å². The molecule has 0 aromatic rings. The fraction of sp³-hybridized carbons (Fsp3) is 0.429. The van der Waals surface area contributed by atoms with E-state index in [1.54, 1.807) is 0 Å². The maximum absolute atomic E-state index is 10.9. The Kier molecular flexibility index (Phi) is 4.52. The molecule has 0 heterocycles. The molecule has 0 fully saturated rings. The van der Waals surface area contributed by atoms with E-state index in [0.29, 0.717) is 6.42 Å². The van der Waals surface area contributed by atoms with E-state index in [9.17, 15) is 9.59 Å². The topological polar surface area (TPSA) is 78.6 Å². The zero-order chi connectivity index (χ0) is 9.56. The smallest absolute Gasteiger partial charge is 0.412 e. The van der Waals surface area contributed by atoms with Gasteiger partial charge in [-0.15, -0.1) is 0 Å². The lowest BCUT2D eigenvalue weighted by atomic mass is 10.4. The first kappa shape index (κ1) is 10.5. The number of hydrogen-bond acceptors (Lipinski definition) is 4. The Bertz CT molecular complexity index is 209. The number of rotatable bonds is 3. The molecular formula is C7H11NO4. The van der Waals surface area contributed by atoms with Crippen LogP contribution in [0.1, 0.15) is 13.3 Å². The molecule has 0 saturated carbocycles. The summed E-state index contributed by atoms with van der Waals surface area (Å²) < 4.78 is 8.69. The van der Waals surface area contributed by atoms with Crippen LogP contribution < -0.4 is 5.73 Å². The monoisotopic (exact) mass is 173 g/mol. The maximum atomic E-state index is 10.9. The van der Waals surface area contributed by atoms with Crippen LogP contribution in [-0.2, 0) is 14.3 Å². The fourth-order valence-electron chi connectivity index (χ4n) is 0.577. The molecule has 12 heavy (non-hydrogen) atoms. The van der Waals surface area contributed by atoms with Gasteiger partial charge in [0.1, 0.15) is 0 Å². The van der Waals surface area contributed by atoms with Crippen molar-refractivity contribution in [3.8, 4) is 0 Å². The Morgan fingerprint density at radius 1 is 1.50 bits per heavy atom. The number of hydrogen-bond donors (Lipinski definition) is 1. The SMILES string of the molecule is CCC=C(OC)C(=O)OC(N)=O. The molecule has 1 amide bonds. The molecule has 0 aromatic heterocycles. The normalized spacial score (nSPS) is 10.7. The van der Waals surface area contributed by atoms with E-state index in [4.69, 9.17) is 0 Å². The molecule has 0 aliphatic heterocycles. The first-order valence-electron chi connectivity index (χ1n) is 3.37. The number of primary amides is 1. The second-order valence-electron chi connectivity index (χ2n) is 1.89. The van der Waals surface area contributed by atoms with E-state index in [1.165, 1.54) is 13.2 Å². The van der Waals surface area contributed by atoms with E-state index in [1.807, 2.05) is 6.92 Å². The van der Waals surface area contributed by atoms with Crippen LogP contribution in [0.5, 0.6) is 0 Å². The van der Waals surface area contributed by atoms with Crippen molar-refractivity contribution in [3.05, 3.63) is 11.8 Å². The van der Waals surface area contributed by atoms with Crippen molar-refractivity contribution < 1.29 is 19.1 Å². The first-order valence-corrected chi connectivity index (χ1v) is 3.37. The second kappa shape index (κ2) is 5.17. The highest BCUT2D eigenvalue weighted by Crippen LogP contribution is 2.00. The van der Waals surface area contributed by atoms with Crippen LogP contribution in [0.25, 0.3) is 0 Å². The minimum atomic E-state index is -1.14. The number of ether oxygens (including phenoxy) is 2. The Balaban J connectivity index is 4.22. The largest absolute Gasteiger partial charge is 0.490 e. The van der Waals surface area contributed by atoms with Gasteiger partial charge in [-0.1, -0.05) is 6.92 Å². The van der Waals surface area contributed by atoms with Gasteiger partial charge in [0.25, 0.3) is 0 Å². The average Bonchev–Trinajstić information content (AvgIpc) is 1.98. The van der Waals surface area contributed by atoms with Crippen LogP contribution in [0, 0.1) is 0 Å². The van der Waals surface area contributed by atoms with Gasteiger partial charge in [-0.3, -0.25) is 0 Å². The molecular weight excluding hydrogens is 162 g/mol. The maximum Gasteiger partial charge on any atom is 0.412 e. The van der Waals surface area contributed by atoms with Gasteiger partial charge >= 0.3 is 12.1 Å². The van der Waals surface area contributed by atoms with Crippen LogP contribution in [0.4, 0.5) is 4.79 Å². The van der Waals surface area contributed by atoms with Crippen molar-refractivity contribution in [3.63, 3.8) is 0 Å². The molecule has 5 heteroatoms. The number of carbonyl (C=O) groups is 2. The van der Waals surface area contributed by atoms with Gasteiger partial charge in [0.2, 0.25) is 5.76 Å². The summed E-state index contributed by atoms with van der Waals surface area (Å²) in [6.07, 6.45) is 0.960. The van der Waals surface area contributed by atoms with Crippen molar-refractivity contribution in [1.29, 1.82) is 0 Å². The average molecular weight is 173 g/mol. The molecule has 68 valence electrons. The molecule has 0 radical (unpaired) electrons. The van der Waals surface area contributed by atoms with Gasteiger partial charge in [-0.2, -0.15) is 0 Å². The minimum absolute atomic E-state index is 0.0173. The Morgan fingerprint density at radius 3 is 2.42 bits per heavy atom. The van der Waals surface area contributed by atoms with Gasteiger partial charge in [-0.05, 0) is 12.5 Å².